The minimum atomic E-state index is -3.88. The number of aromatic amines is 1. The van der Waals surface area contributed by atoms with E-state index in [0.29, 0.717) is 16.5 Å². The molecule has 34 heavy (non-hydrogen) atoms. The number of hydrogen-bond acceptors (Lipinski definition) is 5. The van der Waals surface area contributed by atoms with Gasteiger partial charge in [-0.25, -0.2) is 13.4 Å². The number of carbonyl (C=O) groups is 1. The Morgan fingerprint density at radius 1 is 1.03 bits per heavy atom. The maximum atomic E-state index is 13.4. The molecule has 0 unspecified atom stereocenters. The van der Waals surface area contributed by atoms with Gasteiger partial charge in [-0.15, -0.1) is 0 Å². The Hall–Kier alpha value is -3.07. The largest absolute Gasteiger partial charge is 0.328 e. The van der Waals surface area contributed by atoms with E-state index in [1.165, 1.54) is 0 Å². The van der Waals surface area contributed by atoms with Crippen LogP contribution < -0.4 is 5.32 Å². The van der Waals surface area contributed by atoms with Crippen molar-refractivity contribution in [2.45, 2.75) is 28.8 Å². The number of rotatable bonds is 7. The van der Waals surface area contributed by atoms with Crippen molar-refractivity contribution in [1.82, 2.24) is 9.97 Å². The molecule has 0 aliphatic heterocycles. The summed E-state index contributed by atoms with van der Waals surface area (Å²) in [6.07, 6.45) is 0. The van der Waals surface area contributed by atoms with E-state index in [-0.39, 0.29) is 26.6 Å². The fourth-order valence-corrected chi connectivity index (χ4v) is 5.79. The third kappa shape index (κ3) is 5.35. The SMILES string of the molecule is Cc1ccc(S(=O)(=O)c2[nH]c(-c3ccccc3)nc2SCC(=O)Nc2ccc(C)c(Cl)c2)cc1. The van der Waals surface area contributed by atoms with Gasteiger partial charge in [-0.2, -0.15) is 0 Å². The first-order chi connectivity index (χ1) is 16.2. The van der Waals surface area contributed by atoms with Crippen LogP contribution in [0.15, 0.2) is 87.7 Å². The molecule has 3 aromatic carbocycles. The summed E-state index contributed by atoms with van der Waals surface area (Å²) in [5.74, 6) is 0.0912. The number of amides is 1. The molecule has 1 heterocycles. The Morgan fingerprint density at radius 2 is 1.74 bits per heavy atom. The van der Waals surface area contributed by atoms with Gasteiger partial charge < -0.3 is 10.3 Å². The number of aromatic nitrogens is 2. The molecule has 0 spiro atoms. The topological polar surface area (TPSA) is 91.9 Å². The summed E-state index contributed by atoms with van der Waals surface area (Å²) in [6, 6.07) is 21.1. The minimum Gasteiger partial charge on any atom is -0.328 e. The second-order valence-electron chi connectivity index (χ2n) is 7.70. The quantitative estimate of drug-likeness (QED) is 0.301. The minimum absolute atomic E-state index is 0.0268. The molecule has 0 saturated heterocycles. The summed E-state index contributed by atoms with van der Waals surface area (Å²) in [7, 11) is -3.88. The molecule has 0 fully saturated rings. The zero-order valence-electron chi connectivity index (χ0n) is 18.5. The van der Waals surface area contributed by atoms with E-state index in [2.05, 4.69) is 15.3 Å². The first-order valence-electron chi connectivity index (χ1n) is 10.4. The van der Waals surface area contributed by atoms with Crippen LogP contribution in [0.2, 0.25) is 5.02 Å². The number of imidazole rings is 1. The highest BCUT2D eigenvalue weighted by molar-refractivity contribution is 8.00. The van der Waals surface area contributed by atoms with Crippen LogP contribution in [0.4, 0.5) is 5.69 Å². The highest BCUT2D eigenvalue weighted by atomic mass is 35.5. The van der Waals surface area contributed by atoms with Crippen molar-refractivity contribution in [2.75, 3.05) is 11.1 Å². The van der Waals surface area contributed by atoms with Gasteiger partial charge >= 0.3 is 0 Å². The Bertz CT molecular complexity index is 1430. The average molecular weight is 512 g/mol. The average Bonchev–Trinajstić information content (AvgIpc) is 3.26. The molecule has 0 bridgehead atoms. The van der Waals surface area contributed by atoms with Gasteiger partial charge in [0.1, 0.15) is 10.9 Å². The number of anilines is 1. The molecule has 6 nitrogen and oxygen atoms in total. The van der Waals surface area contributed by atoms with Crippen LogP contribution in [0.3, 0.4) is 0 Å². The van der Waals surface area contributed by atoms with Crippen LogP contribution in [0.1, 0.15) is 11.1 Å². The first kappa shape index (κ1) is 24.1. The highest BCUT2D eigenvalue weighted by Gasteiger charge is 2.27. The van der Waals surface area contributed by atoms with Gasteiger partial charge in [0.2, 0.25) is 15.7 Å². The van der Waals surface area contributed by atoms with Gasteiger partial charge in [0.05, 0.1) is 10.6 Å². The smallest absolute Gasteiger partial charge is 0.234 e. The molecule has 0 aliphatic carbocycles. The van der Waals surface area contributed by atoms with Crippen molar-refractivity contribution in [1.29, 1.82) is 0 Å². The van der Waals surface area contributed by atoms with Crippen LogP contribution in [0.5, 0.6) is 0 Å². The van der Waals surface area contributed by atoms with Gasteiger partial charge in [-0.1, -0.05) is 77.5 Å². The highest BCUT2D eigenvalue weighted by Crippen LogP contribution is 2.32. The number of H-pyrrole nitrogens is 1. The molecule has 174 valence electrons. The monoisotopic (exact) mass is 511 g/mol. The molecule has 9 heteroatoms. The van der Waals surface area contributed by atoms with Gasteiger partial charge in [0.25, 0.3) is 0 Å². The van der Waals surface area contributed by atoms with Crippen molar-refractivity contribution in [3.63, 3.8) is 0 Å². The Kier molecular flexibility index (Phi) is 7.11. The van der Waals surface area contributed by atoms with Crippen LogP contribution in [-0.2, 0) is 14.6 Å². The third-order valence-corrected chi connectivity index (χ3v) is 8.32. The van der Waals surface area contributed by atoms with Gasteiger partial charge in [0, 0.05) is 16.3 Å². The zero-order valence-corrected chi connectivity index (χ0v) is 20.9. The molecule has 1 amide bonds. The third-order valence-electron chi connectivity index (χ3n) is 5.08. The van der Waals surface area contributed by atoms with Gasteiger partial charge in [-0.3, -0.25) is 4.79 Å². The fourth-order valence-electron chi connectivity index (χ4n) is 3.19. The molecule has 4 rings (SSSR count). The number of halogens is 1. The predicted molar refractivity (Wildman–Crippen MR) is 136 cm³/mol. The van der Waals surface area contributed by atoms with Gasteiger partial charge in [0.15, 0.2) is 5.03 Å². The zero-order chi connectivity index (χ0) is 24.3. The molecule has 1 aromatic heterocycles. The Morgan fingerprint density at radius 3 is 2.41 bits per heavy atom. The number of aryl methyl sites for hydroxylation is 2. The number of carbonyl (C=O) groups excluding carboxylic acids is 1. The molecule has 0 aliphatic rings. The lowest BCUT2D eigenvalue weighted by Gasteiger charge is -2.07. The molecular weight excluding hydrogens is 490 g/mol. The normalized spacial score (nSPS) is 11.4. The van der Waals surface area contributed by atoms with Crippen molar-refractivity contribution in [3.05, 3.63) is 88.9 Å². The van der Waals surface area contributed by atoms with Crippen LogP contribution in [-0.4, -0.2) is 30.0 Å². The lowest BCUT2D eigenvalue weighted by Crippen LogP contribution is -2.14. The summed E-state index contributed by atoms with van der Waals surface area (Å²) in [4.78, 5) is 20.2. The van der Waals surface area contributed by atoms with Crippen molar-refractivity contribution in [3.8, 4) is 11.4 Å². The molecular formula is C25H22ClN3O3S2. The van der Waals surface area contributed by atoms with E-state index >= 15 is 0 Å². The number of sulfone groups is 1. The number of nitrogens with zero attached hydrogens (tertiary/aromatic N) is 1. The summed E-state index contributed by atoms with van der Waals surface area (Å²) in [5, 5.41) is 3.53. The second-order valence-corrected chi connectivity index (χ2v) is 11.0. The summed E-state index contributed by atoms with van der Waals surface area (Å²) >= 11 is 7.19. The Balaban J connectivity index is 1.62. The van der Waals surface area contributed by atoms with E-state index < -0.39 is 9.84 Å². The molecule has 4 aromatic rings. The van der Waals surface area contributed by atoms with Crippen LogP contribution in [0.25, 0.3) is 11.4 Å². The first-order valence-corrected chi connectivity index (χ1v) is 13.2. The van der Waals surface area contributed by atoms with E-state index in [0.717, 1.165) is 28.5 Å². The standard InChI is InChI=1S/C25H22ClN3O3S2/c1-16-8-12-20(13-9-16)34(31,32)25-24(28-23(29-25)18-6-4-3-5-7-18)33-15-22(30)27-19-11-10-17(2)21(26)14-19/h3-14H,15H2,1-2H3,(H,27,30)(H,28,29). The number of hydrogen-bond donors (Lipinski definition) is 2. The molecule has 0 atom stereocenters. The molecule has 0 radical (unpaired) electrons. The van der Waals surface area contributed by atoms with Gasteiger partial charge in [-0.05, 0) is 43.7 Å². The van der Waals surface area contributed by atoms with Crippen molar-refractivity contribution < 1.29 is 13.2 Å². The Labute approximate surface area is 207 Å². The number of benzene rings is 3. The summed E-state index contributed by atoms with van der Waals surface area (Å²) < 4.78 is 26.8. The van der Waals surface area contributed by atoms with E-state index in [4.69, 9.17) is 11.6 Å². The predicted octanol–water partition coefficient (Wildman–Crippen LogP) is 5.91. The molecule has 2 N–H and O–H groups in total. The second kappa shape index (κ2) is 10.0. The number of thioether (sulfide) groups is 1. The summed E-state index contributed by atoms with van der Waals surface area (Å²) in [6.45, 7) is 3.77. The van der Waals surface area contributed by atoms with Crippen LogP contribution in [0, 0.1) is 13.8 Å². The van der Waals surface area contributed by atoms with E-state index in [1.807, 2.05) is 50.2 Å². The van der Waals surface area contributed by atoms with Crippen molar-refractivity contribution >= 4 is 44.8 Å². The van der Waals surface area contributed by atoms with Crippen LogP contribution >= 0.6 is 23.4 Å². The lowest BCUT2D eigenvalue weighted by molar-refractivity contribution is -0.113. The maximum absolute atomic E-state index is 13.4. The van der Waals surface area contributed by atoms with Crippen molar-refractivity contribution in [2.24, 2.45) is 0 Å². The fraction of sp³-hybridized carbons (Fsp3) is 0.120. The lowest BCUT2D eigenvalue weighted by atomic mass is 10.2. The maximum Gasteiger partial charge on any atom is 0.234 e. The van der Waals surface area contributed by atoms with E-state index in [9.17, 15) is 13.2 Å². The summed E-state index contributed by atoms with van der Waals surface area (Å²) in [5.41, 5.74) is 3.18. The number of nitrogens with one attached hydrogen (secondary N) is 2. The molecule has 0 saturated carbocycles. The van der Waals surface area contributed by atoms with E-state index in [1.54, 1.807) is 36.4 Å².